The first-order chi connectivity index (χ1) is 11.0. The van der Waals surface area contributed by atoms with Gasteiger partial charge in [0.25, 0.3) is 5.91 Å². The minimum Gasteiger partial charge on any atom is -0.494 e. The predicted molar refractivity (Wildman–Crippen MR) is 93.9 cm³/mol. The van der Waals surface area contributed by atoms with Crippen molar-refractivity contribution in [3.05, 3.63) is 50.8 Å². The summed E-state index contributed by atoms with van der Waals surface area (Å²) in [7, 11) is 0. The van der Waals surface area contributed by atoms with E-state index in [0.717, 1.165) is 0 Å². The number of halogens is 2. The number of benzene rings is 1. The second kappa shape index (κ2) is 7.99. The van der Waals surface area contributed by atoms with Gasteiger partial charge < -0.3 is 14.5 Å². The Kier molecular flexibility index (Phi) is 6.02. The van der Waals surface area contributed by atoms with Crippen molar-refractivity contribution in [3.8, 4) is 11.8 Å². The number of amides is 1. The zero-order valence-corrected chi connectivity index (χ0v) is 15.3. The van der Waals surface area contributed by atoms with E-state index in [9.17, 15) is 4.79 Å². The molecule has 23 heavy (non-hydrogen) atoms. The molecule has 1 amide bonds. The van der Waals surface area contributed by atoms with Crippen molar-refractivity contribution in [2.75, 3.05) is 11.9 Å². The van der Waals surface area contributed by atoms with Gasteiger partial charge in [0.1, 0.15) is 23.2 Å². The summed E-state index contributed by atoms with van der Waals surface area (Å²) in [6.45, 7) is 2.46. The molecule has 5 nitrogen and oxygen atoms in total. The van der Waals surface area contributed by atoms with Gasteiger partial charge in [-0.1, -0.05) is 0 Å². The maximum atomic E-state index is 12.2. The van der Waals surface area contributed by atoms with Crippen molar-refractivity contribution < 1.29 is 13.9 Å². The summed E-state index contributed by atoms with van der Waals surface area (Å²) in [4.78, 5) is 12.2. The third kappa shape index (κ3) is 4.71. The largest absolute Gasteiger partial charge is 0.494 e. The van der Waals surface area contributed by atoms with Gasteiger partial charge in [0.2, 0.25) is 0 Å². The summed E-state index contributed by atoms with van der Waals surface area (Å²) in [6.07, 6.45) is 1.37. The van der Waals surface area contributed by atoms with Crippen LogP contribution >= 0.6 is 31.9 Å². The standard InChI is InChI=1S/C16H12Br2N2O3/c1-2-22-12-5-3-11(4-6-12)20-16(21)10(9-19)7-13-8-14(17)15(18)23-13/h3-8H,2H2,1H3,(H,20,21)/b10-7+. The number of hydrogen-bond acceptors (Lipinski definition) is 4. The predicted octanol–water partition coefficient (Wildman–Crippen LogP) is 4.75. The zero-order valence-electron chi connectivity index (χ0n) is 12.1. The number of furan rings is 1. The molecule has 1 heterocycles. The average molecular weight is 440 g/mol. The molecule has 0 aliphatic heterocycles. The number of hydrogen-bond donors (Lipinski definition) is 1. The first kappa shape index (κ1) is 17.3. The van der Waals surface area contributed by atoms with E-state index in [4.69, 9.17) is 14.4 Å². The maximum Gasteiger partial charge on any atom is 0.266 e. The molecule has 2 aromatic rings. The zero-order chi connectivity index (χ0) is 16.8. The van der Waals surface area contributed by atoms with Crippen LogP contribution < -0.4 is 10.1 Å². The second-order valence-corrected chi connectivity index (χ2v) is 5.93. The maximum absolute atomic E-state index is 12.2. The van der Waals surface area contributed by atoms with Crippen LogP contribution in [-0.4, -0.2) is 12.5 Å². The van der Waals surface area contributed by atoms with Crippen LogP contribution in [0, 0.1) is 11.3 Å². The van der Waals surface area contributed by atoms with E-state index in [1.165, 1.54) is 6.08 Å². The Morgan fingerprint density at radius 2 is 2.09 bits per heavy atom. The van der Waals surface area contributed by atoms with Crippen molar-refractivity contribution in [3.63, 3.8) is 0 Å². The fourth-order valence-electron chi connectivity index (χ4n) is 1.72. The lowest BCUT2D eigenvalue weighted by atomic mass is 10.2. The summed E-state index contributed by atoms with van der Waals surface area (Å²) in [6, 6.07) is 10.4. The number of nitriles is 1. The molecule has 1 N–H and O–H groups in total. The fourth-order valence-corrected chi connectivity index (χ4v) is 2.33. The molecule has 1 aromatic carbocycles. The molecule has 0 spiro atoms. The van der Waals surface area contributed by atoms with Crippen LogP contribution in [0.25, 0.3) is 6.08 Å². The van der Waals surface area contributed by atoms with E-state index in [2.05, 4.69) is 37.2 Å². The molecule has 0 unspecified atom stereocenters. The van der Waals surface area contributed by atoms with Crippen molar-refractivity contribution in [1.29, 1.82) is 5.26 Å². The lowest BCUT2D eigenvalue weighted by Gasteiger charge is -2.06. The number of ether oxygens (including phenoxy) is 1. The van der Waals surface area contributed by atoms with Crippen molar-refractivity contribution in [2.24, 2.45) is 0 Å². The molecule has 0 bridgehead atoms. The number of anilines is 1. The Balaban J connectivity index is 2.12. The Bertz CT molecular complexity index is 754. The van der Waals surface area contributed by atoms with Gasteiger partial charge in [-0.15, -0.1) is 0 Å². The number of nitrogens with zero attached hydrogens (tertiary/aromatic N) is 1. The highest BCUT2D eigenvalue weighted by molar-refractivity contribution is 9.13. The van der Waals surface area contributed by atoms with Gasteiger partial charge in [0.15, 0.2) is 4.67 Å². The van der Waals surface area contributed by atoms with E-state index in [1.54, 1.807) is 30.3 Å². The molecule has 0 saturated carbocycles. The van der Waals surface area contributed by atoms with Crippen LogP contribution in [0.4, 0.5) is 5.69 Å². The SMILES string of the molecule is CCOc1ccc(NC(=O)/C(C#N)=C/c2cc(Br)c(Br)o2)cc1. The van der Waals surface area contributed by atoms with E-state index in [1.807, 2.05) is 13.0 Å². The minimum absolute atomic E-state index is 0.0624. The molecule has 0 aliphatic carbocycles. The number of carbonyl (C=O) groups is 1. The minimum atomic E-state index is -0.514. The molecule has 118 valence electrons. The molecule has 0 fully saturated rings. The Morgan fingerprint density at radius 1 is 1.39 bits per heavy atom. The Morgan fingerprint density at radius 3 is 2.61 bits per heavy atom. The topological polar surface area (TPSA) is 75.3 Å². The van der Waals surface area contributed by atoms with Gasteiger partial charge in [0.05, 0.1) is 11.1 Å². The Hall–Kier alpha value is -2.04. The highest BCUT2D eigenvalue weighted by Gasteiger charge is 2.12. The lowest BCUT2D eigenvalue weighted by Crippen LogP contribution is -2.13. The van der Waals surface area contributed by atoms with E-state index in [0.29, 0.717) is 32.9 Å². The molecule has 0 radical (unpaired) electrons. The van der Waals surface area contributed by atoms with Crippen LogP contribution in [0.2, 0.25) is 0 Å². The van der Waals surface area contributed by atoms with Gasteiger partial charge in [-0.25, -0.2) is 0 Å². The highest BCUT2D eigenvalue weighted by Crippen LogP contribution is 2.28. The number of nitrogens with one attached hydrogen (secondary N) is 1. The van der Waals surface area contributed by atoms with E-state index in [-0.39, 0.29) is 5.57 Å². The van der Waals surface area contributed by atoms with Crippen molar-refractivity contribution in [2.45, 2.75) is 6.92 Å². The van der Waals surface area contributed by atoms with Gasteiger partial charge in [0, 0.05) is 11.8 Å². The third-order valence-electron chi connectivity index (χ3n) is 2.74. The second-order valence-electron chi connectivity index (χ2n) is 4.35. The quantitative estimate of drug-likeness (QED) is 0.538. The first-order valence-electron chi connectivity index (χ1n) is 6.64. The van der Waals surface area contributed by atoms with Crippen molar-refractivity contribution >= 4 is 49.5 Å². The molecule has 0 aliphatic rings. The summed E-state index contributed by atoms with van der Waals surface area (Å²) >= 11 is 6.47. The van der Waals surface area contributed by atoms with Gasteiger partial charge in [-0.05, 0) is 69.1 Å². The molecular formula is C16H12Br2N2O3. The fraction of sp³-hybridized carbons (Fsp3) is 0.125. The molecule has 7 heteroatoms. The van der Waals surface area contributed by atoms with Crippen molar-refractivity contribution in [1.82, 2.24) is 0 Å². The van der Waals surface area contributed by atoms with E-state index >= 15 is 0 Å². The van der Waals surface area contributed by atoms with Crippen LogP contribution in [-0.2, 0) is 4.79 Å². The molecular weight excluding hydrogens is 428 g/mol. The summed E-state index contributed by atoms with van der Waals surface area (Å²) in [5, 5.41) is 11.8. The van der Waals surface area contributed by atoms with Crippen LogP contribution in [0.5, 0.6) is 5.75 Å². The van der Waals surface area contributed by atoms with Crippen LogP contribution in [0.15, 0.2) is 49.5 Å². The molecule has 2 rings (SSSR count). The summed E-state index contributed by atoms with van der Waals surface area (Å²) in [5.74, 6) is 0.592. The summed E-state index contributed by atoms with van der Waals surface area (Å²) in [5.41, 5.74) is 0.508. The van der Waals surface area contributed by atoms with E-state index < -0.39 is 5.91 Å². The first-order valence-corrected chi connectivity index (χ1v) is 8.23. The highest BCUT2D eigenvalue weighted by atomic mass is 79.9. The third-order valence-corrected chi connectivity index (χ3v) is 4.45. The summed E-state index contributed by atoms with van der Waals surface area (Å²) < 4.78 is 11.9. The number of carbonyl (C=O) groups excluding carboxylic acids is 1. The number of rotatable bonds is 5. The Labute approximate surface area is 150 Å². The molecule has 1 aromatic heterocycles. The lowest BCUT2D eigenvalue weighted by molar-refractivity contribution is -0.112. The van der Waals surface area contributed by atoms with Gasteiger partial charge >= 0.3 is 0 Å². The van der Waals surface area contributed by atoms with Crippen LogP contribution in [0.1, 0.15) is 12.7 Å². The molecule has 0 atom stereocenters. The van der Waals surface area contributed by atoms with Crippen LogP contribution in [0.3, 0.4) is 0 Å². The monoisotopic (exact) mass is 438 g/mol. The average Bonchev–Trinajstić information content (AvgIpc) is 2.85. The normalized spacial score (nSPS) is 11.0. The van der Waals surface area contributed by atoms with Gasteiger partial charge in [-0.3, -0.25) is 4.79 Å². The molecule has 0 saturated heterocycles. The smallest absolute Gasteiger partial charge is 0.266 e. The van der Waals surface area contributed by atoms with Gasteiger partial charge in [-0.2, -0.15) is 5.26 Å².